The van der Waals surface area contributed by atoms with Crippen molar-refractivity contribution in [1.82, 2.24) is 5.32 Å². The van der Waals surface area contributed by atoms with Crippen molar-refractivity contribution in [2.45, 2.75) is 31.4 Å². The molecule has 0 saturated heterocycles. The highest BCUT2D eigenvalue weighted by molar-refractivity contribution is 7.98. The second-order valence-electron chi connectivity index (χ2n) is 7.75. The number of rotatable bonds is 9. The Labute approximate surface area is 194 Å². The Kier molecular flexibility index (Phi) is 7.99. The normalized spacial score (nSPS) is 11.2. The second kappa shape index (κ2) is 10.7. The maximum absolute atomic E-state index is 12.9. The van der Waals surface area contributed by atoms with Crippen LogP contribution in [0.25, 0.3) is 0 Å². The topological polar surface area (TPSA) is 75.3 Å². The number of nitrogens with one attached hydrogen (secondary N) is 2. The zero-order valence-corrected chi connectivity index (χ0v) is 20.1. The summed E-state index contributed by atoms with van der Waals surface area (Å²) >= 11 is 1.74. The quantitative estimate of drug-likeness (QED) is 0.430. The second-order valence-corrected chi connectivity index (χ2v) is 10.5. The molecule has 0 atom stereocenters. The van der Waals surface area contributed by atoms with Gasteiger partial charge in [0.05, 0.1) is 4.90 Å². The van der Waals surface area contributed by atoms with E-state index in [1.807, 2.05) is 25.1 Å². The van der Waals surface area contributed by atoms with E-state index < -0.39 is 10.0 Å². The minimum Gasteiger partial charge on any atom is -0.351 e. The van der Waals surface area contributed by atoms with Gasteiger partial charge in [-0.15, -0.1) is 0 Å². The van der Waals surface area contributed by atoms with Gasteiger partial charge < -0.3 is 5.32 Å². The maximum Gasteiger partial charge on any atom is 0.262 e. The molecule has 5 nitrogen and oxygen atoms in total. The third-order valence-electron chi connectivity index (χ3n) is 4.93. The number of carbonyl (C=O) groups is 1. The van der Waals surface area contributed by atoms with Crippen molar-refractivity contribution in [3.8, 4) is 0 Å². The van der Waals surface area contributed by atoms with Crippen LogP contribution in [0.4, 0.5) is 5.69 Å². The first-order chi connectivity index (χ1) is 15.2. The number of hydrogen-bond acceptors (Lipinski definition) is 4. The number of hydrogen-bond donors (Lipinski definition) is 2. The molecule has 3 aromatic carbocycles. The molecule has 0 aliphatic heterocycles. The van der Waals surface area contributed by atoms with Gasteiger partial charge in [0.1, 0.15) is 0 Å². The van der Waals surface area contributed by atoms with Crippen molar-refractivity contribution in [1.29, 1.82) is 0 Å². The van der Waals surface area contributed by atoms with E-state index in [0.717, 1.165) is 17.1 Å². The van der Waals surface area contributed by atoms with Gasteiger partial charge in [0.2, 0.25) is 0 Å². The van der Waals surface area contributed by atoms with Crippen molar-refractivity contribution in [2.24, 2.45) is 0 Å². The summed E-state index contributed by atoms with van der Waals surface area (Å²) in [4.78, 5) is 12.7. The Balaban J connectivity index is 1.59. The lowest BCUT2D eigenvalue weighted by Crippen LogP contribution is -2.26. The Bertz CT molecular complexity index is 1190. The molecule has 0 saturated carbocycles. The van der Waals surface area contributed by atoms with E-state index >= 15 is 0 Å². The van der Waals surface area contributed by atoms with Gasteiger partial charge in [0, 0.05) is 29.3 Å². The van der Waals surface area contributed by atoms with Crippen molar-refractivity contribution < 1.29 is 13.2 Å². The number of amides is 1. The fourth-order valence-corrected chi connectivity index (χ4v) is 5.33. The summed E-state index contributed by atoms with van der Waals surface area (Å²) in [6, 6.07) is 20.2. The molecule has 3 rings (SSSR count). The Morgan fingerprint density at radius 3 is 2.38 bits per heavy atom. The number of anilines is 1. The molecule has 2 N–H and O–H groups in total. The molecule has 0 aliphatic rings. The van der Waals surface area contributed by atoms with Crippen molar-refractivity contribution in [2.75, 3.05) is 17.0 Å². The zero-order chi connectivity index (χ0) is 23.1. The molecule has 32 heavy (non-hydrogen) atoms. The van der Waals surface area contributed by atoms with Gasteiger partial charge in [-0.1, -0.05) is 53.6 Å². The lowest BCUT2D eigenvalue weighted by molar-refractivity contribution is 0.0956. The molecular formula is C25H28N2O3S2. The van der Waals surface area contributed by atoms with Gasteiger partial charge in [-0.25, -0.2) is 8.42 Å². The highest BCUT2D eigenvalue weighted by atomic mass is 32.2. The first-order valence-corrected chi connectivity index (χ1v) is 13.0. The molecule has 0 aromatic heterocycles. The fraction of sp³-hybridized carbons (Fsp3) is 0.240. The average Bonchev–Trinajstić information content (AvgIpc) is 2.75. The molecule has 0 fully saturated rings. The Hall–Kier alpha value is -2.77. The van der Waals surface area contributed by atoms with Crippen LogP contribution in [0.2, 0.25) is 0 Å². The highest BCUT2D eigenvalue weighted by Gasteiger charge is 2.19. The maximum atomic E-state index is 12.9. The summed E-state index contributed by atoms with van der Waals surface area (Å²) < 4.78 is 28.4. The van der Waals surface area contributed by atoms with E-state index in [4.69, 9.17) is 0 Å². The lowest BCUT2D eigenvalue weighted by Gasteiger charge is -2.12. The van der Waals surface area contributed by atoms with Crippen LogP contribution in [-0.4, -0.2) is 26.6 Å². The van der Waals surface area contributed by atoms with Gasteiger partial charge in [0.25, 0.3) is 15.9 Å². The van der Waals surface area contributed by atoms with Crippen LogP contribution in [0.3, 0.4) is 0 Å². The molecule has 0 unspecified atom stereocenters. The smallest absolute Gasteiger partial charge is 0.262 e. The summed E-state index contributed by atoms with van der Waals surface area (Å²) in [6.07, 6.45) is 0. The predicted molar refractivity (Wildman–Crippen MR) is 133 cm³/mol. The largest absolute Gasteiger partial charge is 0.351 e. The van der Waals surface area contributed by atoms with Gasteiger partial charge in [-0.2, -0.15) is 11.8 Å². The lowest BCUT2D eigenvalue weighted by atomic mass is 10.1. The Morgan fingerprint density at radius 1 is 0.906 bits per heavy atom. The third kappa shape index (κ3) is 6.61. The molecule has 0 aliphatic carbocycles. The molecule has 7 heteroatoms. The van der Waals surface area contributed by atoms with E-state index in [2.05, 4.69) is 35.2 Å². The molecule has 0 bridgehead atoms. The molecule has 1 amide bonds. The van der Waals surface area contributed by atoms with Crippen molar-refractivity contribution in [3.05, 3.63) is 94.5 Å². The van der Waals surface area contributed by atoms with E-state index in [1.54, 1.807) is 43.0 Å². The number of aryl methyl sites for hydroxylation is 3. The zero-order valence-electron chi connectivity index (χ0n) is 18.5. The Morgan fingerprint density at radius 2 is 1.66 bits per heavy atom. The molecule has 0 heterocycles. The summed E-state index contributed by atoms with van der Waals surface area (Å²) in [5.74, 6) is 1.37. The van der Waals surface area contributed by atoms with Crippen LogP contribution in [0.5, 0.6) is 0 Å². The van der Waals surface area contributed by atoms with E-state index in [-0.39, 0.29) is 10.8 Å². The molecule has 168 valence electrons. The minimum absolute atomic E-state index is 0.0968. The van der Waals surface area contributed by atoms with Crippen LogP contribution >= 0.6 is 11.8 Å². The first-order valence-electron chi connectivity index (χ1n) is 10.4. The van der Waals surface area contributed by atoms with Gasteiger partial charge in [-0.05, 0) is 56.2 Å². The SMILES string of the molecule is Cc1ccc(NS(=O)(=O)c2cc(C(=O)NCCSCc3cccc(C)c3)ccc2C)cc1. The number of sulfonamides is 1. The van der Waals surface area contributed by atoms with Crippen LogP contribution in [0.15, 0.2) is 71.6 Å². The molecule has 0 spiro atoms. The molecule has 0 radical (unpaired) electrons. The van der Waals surface area contributed by atoms with Crippen LogP contribution in [-0.2, 0) is 15.8 Å². The monoisotopic (exact) mass is 468 g/mol. The predicted octanol–water partition coefficient (Wildman–Crippen LogP) is 5.08. The summed E-state index contributed by atoms with van der Waals surface area (Å²) in [7, 11) is -3.81. The standard InChI is InChI=1S/C25H28N2O3S2/c1-18-7-11-23(12-8-18)27-32(29,30)24-16-22(10-9-20(24)3)25(28)26-13-14-31-17-21-6-4-5-19(2)15-21/h4-12,15-16,27H,13-14,17H2,1-3H3,(H,26,28). The number of carbonyl (C=O) groups excluding carboxylic acids is 1. The van der Waals surface area contributed by atoms with Gasteiger partial charge in [0.15, 0.2) is 0 Å². The summed E-state index contributed by atoms with van der Waals surface area (Å²) in [5.41, 5.74) is 4.92. The van der Waals surface area contributed by atoms with Crippen LogP contribution in [0.1, 0.15) is 32.6 Å². The third-order valence-corrected chi connectivity index (χ3v) is 7.48. The number of thioether (sulfide) groups is 1. The van der Waals surface area contributed by atoms with E-state index in [1.165, 1.54) is 17.2 Å². The first kappa shape index (κ1) is 23.9. The fourth-order valence-electron chi connectivity index (χ4n) is 3.19. The van der Waals surface area contributed by atoms with Crippen LogP contribution < -0.4 is 10.0 Å². The van der Waals surface area contributed by atoms with Gasteiger partial charge in [-0.3, -0.25) is 9.52 Å². The number of benzene rings is 3. The van der Waals surface area contributed by atoms with E-state index in [9.17, 15) is 13.2 Å². The summed E-state index contributed by atoms with van der Waals surface area (Å²) in [5, 5.41) is 2.88. The van der Waals surface area contributed by atoms with E-state index in [0.29, 0.717) is 23.4 Å². The minimum atomic E-state index is -3.81. The van der Waals surface area contributed by atoms with Crippen molar-refractivity contribution >= 4 is 33.4 Å². The van der Waals surface area contributed by atoms with Crippen molar-refractivity contribution in [3.63, 3.8) is 0 Å². The average molecular weight is 469 g/mol. The molecule has 3 aromatic rings. The van der Waals surface area contributed by atoms with Gasteiger partial charge >= 0.3 is 0 Å². The molecular weight excluding hydrogens is 440 g/mol. The van der Waals surface area contributed by atoms with Crippen LogP contribution in [0, 0.1) is 20.8 Å². The highest BCUT2D eigenvalue weighted by Crippen LogP contribution is 2.21. The summed E-state index contributed by atoms with van der Waals surface area (Å²) in [6.45, 7) is 6.23.